The maximum absolute atomic E-state index is 8.58. The molecule has 1 aliphatic heterocycles. The first kappa shape index (κ1) is 7.76. The van der Waals surface area contributed by atoms with Crippen LogP contribution in [0.3, 0.4) is 0 Å². The van der Waals surface area contributed by atoms with Crippen molar-refractivity contribution in [3.63, 3.8) is 0 Å². The molecule has 2 heteroatoms. The van der Waals surface area contributed by atoms with Crippen molar-refractivity contribution >= 4 is 0 Å². The van der Waals surface area contributed by atoms with E-state index in [0.29, 0.717) is 0 Å². The second-order valence-electron chi connectivity index (χ2n) is 2.73. The minimum Gasteiger partial charge on any atom is -0.396 e. The van der Waals surface area contributed by atoms with Gasteiger partial charge in [-0.2, -0.15) is 0 Å². The molecular formula is C8H14O2. The fourth-order valence-electron chi connectivity index (χ4n) is 1.05. The molecule has 0 bridgehead atoms. The highest BCUT2D eigenvalue weighted by Gasteiger charge is 2.10. The van der Waals surface area contributed by atoms with Gasteiger partial charge in [-0.05, 0) is 19.8 Å². The summed E-state index contributed by atoms with van der Waals surface area (Å²) >= 11 is 0. The van der Waals surface area contributed by atoms with Crippen molar-refractivity contribution in [2.24, 2.45) is 0 Å². The van der Waals surface area contributed by atoms with Gasteiger partial charge in [0.2, 0.25) is 0 Å². The summed E-state index contributed by atoms with van der Waals surface area (Å²) < 4.78 is 5.40. The third-order valence-corrected chi connectivity index (χ3v) is 1.73. The Morgan fingerprint density at radius 2 is 2.60 bits per heavy atom. The van der Waals surface area contributed by atoms with Crippen LogP contribution in [-0.4, -0.2) is 24.4 Å². The van der Waals surface area contributed by atoms with Gasteiger partial charge in [0.1, 0.15) is 0 Å². The van der Waals surface area contributed by atoms with Crippen molar-refractivity contribution in [3.05, 3.63) is 11.6 Å². The number of ether oxygens (including phenoxy) is 1. The van der Waals surface area contributed by atoms with E-state index in [4.69, 9.17) is 9.84 Å². The molecule has 0 aliphatic carbocycles. The highest BCUT2D eigenvalue weighted by Crippen LogP contribution is 2.13. The van der Waals surface area contributed by atoms with Crippen molar-refractivity contribution in [2.75, 3.05) is 13.2 Å². The van der Waals surface area contributed by atoms with Crippen LogP contribution in [0.5, 0.6) is 0 Å². The highest BCUT2D eigenvalue weighted by atomic mass is 16.5. The van der Waals surface area contributed by atoms with Crippen LogP contribution in [0.25, 0.3) is 0 Å². The maximum atomic E-state index is 8.58. The second kappa shape index (κ2) is 3.74. The van der Waals surface area contributed by atoms with Gasteiger partial charge in [-0.1, -0.05) is 11.6 Å². The molecule has 0 amide bonds. The molecule has 1 atom stereocenters. The fraction of sp³-hybridized carbons (Fsp3) is 0.750. The van der Waals surface area contributed by atoms with Crippen molar-refractivity contribution in [1.82, 2.24) is 0 Å². The van der Waals surface area contributed by atoms with E-state index in [9.17, 15) is 0 Å². The average molecular weight is 142 g/mol. The molecule has 0 aromatic carbocycles. The van der Waals surface area contributed by atoms with Gasteiger partial charge in [-0.3, -0.25) is 0 Å². The SMILES string of the molecule is CC1=CCC(CCO)OC1. The predicted octanol–water partition coefficient (Wildman–Crippen LogP) is 1.10. The summed E-state index contributed by atoms with van der Waals surface area (Å²) in [5.41, 5.74) is 1.30. The summed E-state index contributed by atoms with van der Waals surface area (Å²) in [6.07, 6.45) is 4.17. The Labute approximate surface area is 61.5 Å². The number of aliphatic hydroxyl groups excluding tert-OH is 1. The van der Waals surface area contributed by atoms with E-state index in [0.717, 1.165) is 19.4 Å². The summed E-state index contributed by atoms with van der Waals surface area (Å²) in [7, 11) is 0. The topological polar surface area (TPSA) is 29.5 Å². The van der Waals surface area contributed by atoms with E-state index >= 15 is 0 Å². The molecule has 10 heavy (non-hydrogen) atoms. The van der Waals surface area contributed by atoms with Crippen LogP contribution in [-0.2, 0) is 4.74 Å². The Morgan fingerprint density at radius 1 is 1.80 bits per heavy atom. The third kappa shape index (κ3) is 2.12. The molecule has 1 rings (SSSR count). The van der Waals surface area contributed by atoms with Gasteiger partial charge < -0.3 is 9.84 Å². The number of aliphatic hydroxyl groups is 1. The van der Waals surface area contributed by atoms with Crippen LogP contribution in [0.4, 0.5) is 0 Å². The molecule has 1 aliphatic rings. The first-order valence-electron chi connectivity index (χ1n) is 3.71. The molecule has 0 saturated carbocycles. The standard InChI is InChI=1S/C8H14O2/c1-7-2-3-8(4-5-9)10-6-7/h2,8-9H,3-6H2,1H3. The van der Waals surface area contributed by atoms with Gasteiger partial charge in [0.15, 0.2) is 0 Å². The molecule has 0 radical (unpaired) electrons. The molecule has 0 fully saturated rings. The monoisotopic (exact) mass is 142 g/mol. The van der Waals surface area contributed by atoms with Gasteiger partial charge in [0, 0.05) is 6.61 Å². The van der Waals surface area contributed by atoms with Crippen molar-refractivity contribution in [3.8, 4) is 0 Å². The summed E-state index contributed by atoms with van der Waals surface area (Å²) in [6.45, 7) is 3.04. The summed E-state index contributed by atoms with van der Waals surface area (Å²) in [5.74, 6) is 0. The van der Waals surface area contributed by atoms with Crippen LogP contribution in [0, 0.1) is 0 Å². The maximum Gasteiger partial charge on any atom is 0.0678 e. The molecular weight excluding hydrogens is 128 g/mol. The Morgan fingerprint density at radius 3 is 3.10 bits per heavy atom. The fourth-order valence-corrected chi connectivity index (χ4v) is 1.05. The van der Waals surface area contributed by atoms with Crippen molar-refractivity contribution in [2.45, 2.75) is 25.9 Å². The van der Waals surface area contributed by atoms with Gasteiger partial charge in [-0.15, -0.1) is 0 Å². The lowest BCUT2D eigenvalue weighted by atomic mass is 10.1. The summed E-state index contributed by atoms with van der Waals surface area (Å²) in [6, 6.07) is 0. The molecule has 0 aromatic heterocycles. The largest absolute Gasteiger partial charge is 0.396 e. The molecule has 0 aromatic rings. The van der Waals surface area contributed by atoms with E-state index in [1.165, 1.54) is 5.57 Å². The molecule has 1 heterocycles. The van der Waals surface area contributed by atoms with E-state index in [2.05, 4.69) is 13.0 Å². The van der Waals surface area contributed by atoms with Crippen molar-refractivity contribution < 1.29 is 9.84 Å². The Bertz CT molecular complexity index is 129. The number of hydrogen-bond acceptors (Lipinski definition) is 2. The van der Waals surface area contributed by atoms with Gasteiger partial charge >= 0.3 is 0 Å². The minimum atomic E-state index is 0.234. The van der Waals surface area contributed by atoms with Crippen LogP contribution in [0.15, 0.2) is 11.6 Å². The van der Waals surface area contributed by atoms with Gasteiger partial charge in [-0.25, -0.2) is 0 Å². The molecule has 0 spiro atoms. The highest BCUT2D eigenvalue weighted by molar-refractivity contribution is 5.02. The Hall–Kier alpha value is -0.340. The molecule has 2 nitrogen and oxygen atoms in total. The molecule has 1 N–H and O–H groups in total. The van der Waals surface area contributed by atoms with Crippen LogP contribution < -0.4 is 0 Å². The lowest BCUT2D eigenvalue weighted by Gasteiger charge is -2.20. The minimum absolute atomic E-state index is 0.234. The van der Waals surface area contributed by atoms with Crippen LogP contribution in [0.2, 0.25) is 0 Å². The van der Waals surface area contributed by atoms with E-state index in [1.54, 1.807) is 0 Å². The number of rotatable bonds is 2. The first-order valence-corrected chi connectivity index (χ1v) is 3.71. The van der Waals surface area contributed by atoms with Gasteiger partial charge in [0.05, 0.1) is 12.7 Å². The lowest BCUT2D eigenvalue weighted by Crippen LogP contribution is -2.18. The Kier molecular flexibility index (Phi) is 2.90. The zero-order chi connectivity index (χ0) is 7.40. The lowest BCUT2D eigenvalue weighted by molar-refractivity contribution is 0.0433. The van der Waals surface area contributed by atoms with Crippen LogP contribution in [0.1, 0.15) is 19.8 Å². The Balaban J connectivity index is 2.27. The third-order valence-electron chi connectivity index (χ3n) is 1.73. The van der Waals surface area contributed by atoms with E-state index in [-0.39, 0.29) is 12.7 Å². The average Bonchev–Trinajstić information content (AvgIpc) is 1.95. The zero-order valence-corrected chi connectivity index (χ0v) is 6.34. The zero-order valence-electron chi connectivity index (χ0n) is 6.34. The molecule has 58 valence electrons. The van der Waals surface area contributed by atoms with Crippen molar-refractivity contribution in [1.29, 1.82) is 0 Å². The second-order valence-corrected chi connectivity index (χ2v) is 2.73. The summed E-state index contributed by atoms with van der Waals surface area (Å²) in [4.78, 5) is 0. The number of hydrogen-bond donors (Lipinski definition) is 1. The molecule has 1 unspecified atom stereocenters. The molecule has 0 saturated heterocycles. The van der Waals surface area contributed by atoms with Gasteiger partial charge in [0.25, 0.3) is 0 Å². The normalized spacial score (nSPS) is 26.2. The first-order chi connectivity index (χ1) is 4.83. The van der Waals surface area contributed by atoms with E-state index in [1.807, 2.05) is 0 Å². The smallest absolute Gasteiger partial charge is 0.0678 e. The van der Waals surface area contributed by atoms with E-state index < -0.39 is 0 Å². The summed E-state index contributed by atoms with van der Waals surface area (Å²) in [5, 5.41) is 8.58. The quantitative estimate of drug-likeness (QED) is 0.585. The van der Waals surface area contributed by atoms with Crippen LogP contribution >= 0.6 is 0 Å². The predicted molar refractivity (Wildman–Crippen MR) is 39.8 cm³/mol.